The predicted octanol–water partition coefficient (Wildman–Crippen LogP) is 8.24. The van der Waals surface area contributed by atoms with Crippen molar-refractivity contribution in [3.05, 3.63) is 24.3 Å². The smallest absolute Gasteiger partial charge is 0.00127 e. The Morgan fingerprint density at radius 2 is 1.03 bits per heavy atom. The molecule has 5 aliphatic heterocycles. The van der Waals surface area contributed by atoms with Gasteiger partial charge in [-0.25, -0.2) is 0 Å². The fourth-order valence-corrected chi connectivity index (χ4v) is 7.69. The van der Waals surface area contributed by atoms with Crippen LogP contribution < -0.4 is 0 Å². The number of allylic oxidation sites excluding steroid dienone is 4. The molecule has 34 heavy (non-hydrogen) atoms. The lowest BCUT2D eigenvalue weighted by Crippen LogP contribution is -2.49. The molecule has 194 valence electrons. The van der Waals surface area contributed by atoms with Gasteiger partial charge in [0.25, 0.3) is 0 Å². The van der Waals surface area contributed by atoms with Crippen molar-refractivity contribution >= 4 is 0 Å². The quantitative estimate of drug-likeness (QED) is 0.330. The first-order chi connectivity index (χ1) is 16.9. The van der Waals surface area contributed by atoms with Gasteiger partial charge in [-0.05, 0) is 133 Å². The average molecular weight is 469 g/mol. The molecular formula is C32H56N2. The van der Waals surface area contributed by atoms with E-state index in [1.165, 1.54) is 155 Å². The molecule has 6 bridgehead atoms. The highest BCUT2D eigenvalue weighted by Crippen LogP contribution is 2.40. The Kier molecular flexibility index (Phi) is 12.1. The van der Waals surface area contributed by atoms with Gasteiger partial charge in [-0.15, -0.1) is 0 Å². The van der Waals surface area contributed by atoms with E-state index in [2.05, 4.69) is 34.1 Å². The van der Waals surface area contributed by atoms with Crippen LogP contribution in [0, 0.1) is 23.7 Å². The van der Waals surface area contributed by atoms with E-state index in [1.807, 2.05) is 0 Å². The highest BCUT2D eigenvalue weighted by atomic mass is 15.1. The van der Waals surface area contributed by atoms with Crippen molar-refractivity contribution in [3.63, 3.8) is 0 Å². The highest BCUT2D eigenvalue weighted by molar-refractivity contribution is 4.91. The molecule has 2 fully saturated rings. The lowest BCUT2D eigenvalue weighted by atomic mass is 9.69. The summed E-state index contributed by atoms with van der Waals surface area (Å²) < 4.78 is 0. The van der Waals surface area contributed by atoms with E-state index in [4.69, 9.17) is 0 Å². The van der Waals surface area contributed by atoms with Crippen LogP contribution >= 0.6 is 0 Å². The van der Waals surface area contributed by atoms with Crippen LogP contribution in [0.2, 0.25) is 0 Å². The number of fused-ring (bicyclic) bond motifs is 10. The van der Waals surface area contributed by atoms with Crippen molar-refractivity contribution in [2.45, 2.75) is 116 Å². The Morgan fingerprint density at radius 1 is 0.441 bits per heavy atom. The van der Waals surface area contributed by atoms with Gasteiger partial charge in [-0.3, -0.25) is 0 Å². The minimum Gasteiger partial charge on any atom is -0.303 e. The maximum atomic E-state index is 2.94. The Morgan fingerprint density at radius 3 is 1.82 bits per heavy atom. The SMILES string of the molecule is C1=C\CCCC[C@@H]2CN3CCCC/C=C\CCCC[C@H]4C[C@H](CN(CCCCCC/1)C4)[C@H]2CC3. The van der Waals surface area contributed by atoms with E-state index in [0.29, 0.717) is 0 Å². The molecule has 0 radical (unpaired) electrons. The number of nitrogens with zero attached hydrogens (tertiary/aromatic N) is 2. The molecule has 5 aliphatic rings. The molecule has 0 aromatic carbocycles. The molecule has 0 aliphatic carbocycles. The van der Waals surface area contributed by atoms with Crippen LogP contribution in [0.15, 0.2) is 24.3 Å². The highest BCUT2D eigenvalue weighted by Gasteiger charge is 2.38. The van der Waals surface area contributed by atoms with E-state index in [1.54, 1.807) is 0 Å². The lowest BCUT2D eigenvalue weighted by molar-refractivity contribution is 0.0186. The summed E-state index contributed by atoms with van der Waals surface area (Å²) in [6.45, 7) is 8.31. The van der Waals surface area contributed by atoms with Crippen LogP contribution in [0.3, 0.4) is 0 Å². The maximum absolute atomic E-state index is 2.94. The van der Waals surface area contributed by atoms with Gasteiger partial charge in [0.1, 0.15) is 0 Å². The molecule has 5 heterocycles. The third-order valence-corrected chi connectivity index (χ3v) is 9.58. The van der Waals surface area contributed by atoms with Gasteiger partial charge in [0.05, 0.1) is 0 Å². The van der Waals surface area contributed by atoms with Crippen LogP contribution in [0.4, 0.5) is 0 Å². The normalized spacial score (nSPS) is 39.8. The van der Waals surface area contributed by atoms with Crippen molar-refractivity contribution in [1.82, 2.24) is 9.80 Å². The summed E-state index contributed by atoms with van der Waals surface area (Å²) in [7, 11) is 0. The monoisotopic (exact) mass is 468 g/mol. The number of piperidine rings is 2. The molecule has 0 spiro atoms. The molecule has 0 N–H and O–H groups in total. The van der Waals surface area contributed by atoms with Crippen molar-refractivity contribution in [1.29, 1.82) is 0 Å². The Balaban J connectivity index is 1.47. The molecule has 0 aromatic rings. The minimum absolute atomic E-state index is 0.953. The number of rotatable bonds is 0. The Bertz CT molecular complexity index is 596. The summed E-state index contributed by atoms with van der Waals surface area (Å²) in [4.78, 5) is 5.80. The van der Waals surface area contributed by atoms with Crippen molar-refractivity contribution < 1.29 is 0 Å². The fourth-order valence-electron chi connectivity index (χ4n) is 7.69. The van der Waals surface area contributed by atoms with Gasteiger partial charge in [0.15, 0.2) is 0 Å². The zero-order chi connectivity index (χ0) is 23.3. The molecule has 0 saturated carbocycles. The molecule has 6 atom stereocenters. The standard InChI is InChI=1S/C32H56N2/c1-2-5-10-14-18-23-34-26-29-19-15-11-7-4-6-9-13-17-22-33-24-21-32(31(25-29)28-34)30(27-33)20-16-12-8-3-1/h1,3-4,6,29-32H,2,5,7-28H2/b3-1-,6-4-/t29-,30+,31+,32-/m0/s1. The molecule has 0 aromatic heterocycles. The van der Waals surface area contributed by atoms with Gasteiger partial charge in [0.2, 0.25) is 0 Å². The Hall–Kier alpha value is -0.600. The van der Waals surface area contributed by atoms with Crippen LogP contribution in [0.1, 0.15) is 116 Å². The molecule has 2 unspecified atom stereocenters. The van der Waals surface area contributed by atoms with Crippen LogP contribution in [-0.4, -0.2) is 49.1 Å². The van der Waals surface area contributed by atoms with E-state index in [-0.39, 0.29) is 0 Å². The van der Waals surface area contributed by atoms with Gasteiger partial charge in [-0.1, -0.05) is 50.0 Å². The topological polar surface area (TPSA) is 6.48 Å². The first-order valence-electron chi connectivity index (χ1n) is 15.6. The van der Waals surface area contributed by atoms with Crippen molar-refractivity contribution in [2.75, 3.05) is 39.3 Å². The first kappa shape index (κ1) is 26.5. The minimum atomic E-state index is 0.953. The summed E-state index contributed by atoms with van der Waals surface area (Å²) in [6, 6.07) is 0. The first-order valence-corrected chi connectivity index (χ1v) is 15.6. The molecular weight excluding hydrogens is 412 g/mol. The van der Waals surface area contributed by atoms with E-state index in [9.17, 15) is 0 Å². The molecule has 2 nitrogen and oxygen atoms in total. The summed E-state index contributed by atoms with van der Waals surface area (Å²) in [5.74, 6) is 3.88. The second-order valence-electron chi connectivity index (χ2n) is 12.3. The van der Waals surface area contributed by atoms with E-state index >= 15 is 0 Å². The molecule has 2 heteroatoms. The lowest BCUT2D eigenvalue weighted by Gasteiger charge is -2.47. The number of hydrogen-bond donors (Lipinski definition) is 0. The van der Waals surface area contributed by atoms with Crippen molar-refractivity contribution in [2.24, 2.45) is 23.7 Å². The van der Waals surface area contributed by atoms with Gasteiger partial charge >= 0.3 is 0 Å². The third kappa shape index (κ3) is 9.12. The largest absolute Gasteiger partial charge is 0.303 e. The summed E-state index contributed by atoms with van der Waals surface area (Å²) >= 11 is 0. The van der Waals surface area contributed by atoms with Gasteiger partial charge < -0.3 is 9.80 Å². The second kappa shape index (κ2) is 15.5. The van der Waals surface area contributed by atoms with E-state index < -0.39 is 0 Å². The fraction of sp³-hybridized carbons (Fsp3) is 0.875. The predicted molar refractivity (Wildman–Crippen MR) is 148 cm³/mol. The molecule has 5 rings (SSSR count). The van der Waals surface area contributed by atoms with E-state index in [0.717, 1.165) is 23.7 Å². The molecule has 0 amide bonds. The number of hydrogen-bond acceptors (Lipinski definition) is 2. The summed E-state index contributed by atoms with van der Waals surface area (Å²) in [5, 5.41) is 0. The van der Waals surface area contributed by atoms with Gasteiger partial charge in [-0.2, -0.15) is 0 Å². The summed E-state index contributed by atoms with van der Waals surface area (Å²) in [6.07, 6.45) is 35.3. The third-order valence-electron chi connectivity index (χ3n) is 9.58. The zero-order valence-corrected chi connectivity index (χ0v) is 22.5. The Labute approximate surface area is 212 Å². The average Bonchev–Trinajstić information content (AvgIpc) is 2.85. The maximum Gasteiger partial charge on any atom is 0.00127 e. The molecule has 2 saturated heterocycles. The second-order valence-corrected chi connectivity index (χ2v) is 12.3. The van der Waals surface area contributed by atoms with Crippen LogP contribution in [0.25, 0.3) is 0 Å². The van der Waals surface area contributed by atoms with Crippen molar-refractivity contribution in [3.8, 4) is 0 Å². The van der Waals surface area contributed by atoms with Crippen LogP contribution in [-0.2, 0) is 0 Å². The van der Waals surface area contributed by atoms with Crippen LogP contribution in [0.5, 0.6) is 0 Å². The zero-order valence-electron chi connectivity index (χ0n) is 22.5. The van der Waals surface area contributed by atoms with Gasteiger partial charge in [0, 0.05) is 19.6 Å². The summed E-state index contributed by atoms with van der Waals surface area (Å²) in [5.41, 5.74) is 0.